The SMILES string of the molecule is NCC#Cc1cccc(OCc2cccc(F)c2)c1. The van der Waals surface area contributed by atoms with Gasteiger partial charge in [-0.2, -0.15) is 0 Å². The monoisotopic (exact) mass is 255 g/mol. The molecule has 0 saturated heterocycles. The fourth-order valence-electron chi connectivity index (χ4n) is 1.61. The summed E-state index contributed by atoms with van der Waals surface area (Å²) >= 11 is 0. The van der Waals surface area contributed by atoms with Gasteiger partial charge in [0.1, 0.15) is 18.2 Å². The van der Waals surface area contributed by atoms with Gasteiger partial charge in [-0.15, -0.1) is 0 Å². The van der Waals surface area contributed by atoms with E-state index in [9.17, 15) is 4.39 Å². The maximum absolute atomic E-state index is 13.0. The van der Waals surface area contributed by atoms with Gasteiger partial charge in [0.25, 0.3) is 0 Å². The van der Waals surface area contributed by atoms with E-state index in [1.165, 1.54) is 12.1 Å². The van der Waals surface area contributed by atoms with Crippen molar-refractivity contribution in [3.8, 4) is 17.6 Å². The topological polar surface area (TPSA) is 35.2 Å². The zero-order valence-corrected chi connectivity index (χ0v) is 10.4. The van der Waals surface area contributed by atoms with Crippen LogP contribution in [0.4, 0.5) is 4.39 Å². The second-order valence-electron chi connectivity index (χ2n) is 3.95. The minimum absolute atomic E-state index is 0.260. The van der Waals surface area contributed by atoms with Crippen LogP contribution < -0.4 is 10.5 Å². The molecule has 19 heavy (non-hydrogen) atoms. The van der Waals surface area contributed by atoms with Crippen LogP contribution in [-0.4, -0.2) is 6.54 Å². The molecule has 0 amide bonds. The third kappa shape index (κ3) is 4.13. The maximum atomic E-state index is 13.0. The van der Waals surface area contributed by atoms with E-state index in [4.69, 9.17) is 10.5 Å². The predicted molar refractivity (Wildman–Crippen MR) is 73.1 cm³/mol. The molecule has 0 bridgehead atoms. The molecule has 0 saturated carbocycles. The Labute approximate surface area is 112 Å². The lowest BCUT2D eigenvalue weighted by Gasteiger charge is -2.06. The molecule has 0 aliphatic carbocycles. The first-order valence-corrected chi connectivity index (χ1v) is 5.94. The summed E-state index contributed by atoms with van der Waals surface area (Å²) in [6, 6.07) is 13.8. The van der Waals surface area contributed by atoms with Gasteiger partial charge in [0.2, 0.25) is 0 Å². The predicted octanol–water partition coefficient (Wildman–Crippen LogP) is 2.71. The fraction of sp³-hybridized carbons (Fsp3) is 0.125. The Kier molecular flexibility index (Phi) is 4.54. The highest BCUT2D eigenvalue weighted by atomic mass is 19.1. The molecule has 2 nitrogen and oxygen atoms in total. The Morgan fingerprint density at radius 1 is 1.11 bits per heavy atom. The Morgan fingerprint density at radius 3 is 2.74 bits per heavy atom. The van der Waals surface area contributed by atoms with Crippen molar-refractivity contribution in [1.29, 1.82) is 0 Å². The molecular weight excluding hydrogens is 241 g/mol. The molecule has 0 aliphatic rings. The molecule has 0 unspecified atom stereocenters. The van der Waals surface area contributed by atoms with E-state index in [0.717, 1.165) is 11.1 Å². The molecular formula is C16H14FNO. The molecule has 3 heteroatoms. The third-order valence-electron chi connectivity index (χ3n) is 2.46. The molecule has 2 N–H and O–H groups in total. The summed E-state index contributed by atoms with van der Waals surface area (Å²) in [6.07, 6.45) is 0. The third-order valence-corrected chi connectivity index (χ3v) is 2.46. The number of hydrogen-bond donors (Lipinski definition) is 1. The average Bonchev–Trinajstić information content (AvgIpc) is 2.43. The molecule has 0 spiro atoms. The van der Waals surface area contributed by atoms with Gasteiger partial charge in [-0.05, 0) is 35.9 Å². The Bertz CT molecular complexity index is 613. The second kappa shape index (κ2) is 6.58. The van der Waals surface area contributed by atoms with Crippen LogP contribution in [0, 0.1) is 17.7 Å². The number of nitrogens with two attached hydrogens (primary N) is 1. The highest BCUT2D eigenvalue weighted by Gasteiger charge is 1.98. The quantitative estimate of drug-likeness (QED) is 0.856. The van der Waals surface area contributed by atoms with Crippen molar-refractivity contribution in [1.82, 2.24) is 0 Å². The van der Waals surface area contributed by atoms with Crippen molar-refractivity contribution in [2.75, 3.05) is 6.54 Å². The summed E-state index contributed by atoms with van der Waals surface area (Å²) in [7, 11) is 0. The Balaban J connectivity index is 2.03. The number of rotatable bonds is 3. The zero-order chi connectivity index (χ0) is 13.5. The van der Waals surface area contributed by atoms with Gasteiger partial charge in [0.05, 0.1) is 6.54 Å². The van der Waals surface area contributed by atoms with Gasteiger partial charge < -0.3 is 10.5 Å². The molecule has 2 aromatic carbocycles. The summed E-state index contributed by atoms with van der Waals surface area (Å²) in [5.74, 6) is 6.16. The van der Waals surface area contributed by atoms with Crippen molar-refractivity contribution < 1.29 is 9.13 Å². The number of hydrogen-bond acceptors (Lipinski definition) is 2. The van der Waals surface area contributed by atoms with Crippen LogP contribution in [-0.2, 0) is 6.61 Å². The number of ether oxygens (including phenoxy) is 1. The van der Waals surface area contributed by atoms with Gasteiger partial charge in [-0.1, -0.05) is 30.0 Å². The average molecular weight is 255 g/mol. The van der Waals surface area contributed by atoms with Gasteiger partial charge >= 0.3 is 0 Å². The minimum Gasteiger partial charge on any atom is -0.489 e. The van der Waals surface area contributed by atoms with Crippen LogP contribution in [0.3, 0.4) is 0 Å². The summed E-state index contributed by atoms with van der Waals surface area (Å²) in [6.45, 7) is 0.653. The molecule has 0 aromatic heterocycles. The van der Waals surface area contributed by atoms with Crippen molar-refractivity contribution in [3.63, 3.8) is 0 Å². The number of benzene rings is 2. The first kappa shape index (κ1) is 13.1. The summed E-state index contributed by atoms with van der Waals surface area (Å²) in [4.78, 5) is 0. The molecule has 0 heterocycles. The van der Waals surface area contributed by atoms with Crippen LogP contribution in [0.25, 0.3) is 0 Å². The lowest BCUT2D eigenvalue weighted by Crippen LogP contribution is -1.96. The summed E-state index contributed by atoms with van der Waals surface area (Å²) < 4.78 is 18.6. The highest BCUT2D eigenvalue weighted by Crippen LogP contribution is 2.15. The van der Waals surface area contributed by atoms with Gasteiger partial charge in [-0.25, -0.2) is 4.39 Å². The van der Waals surface area contributed by atoms with Crippen LogP contribution >= 0.6 is 0 Å². The second-order valence-corrected chi connectivity index (χ2v) is 3.95. The molecule has 0 aliphatic heterocycles. The first-order valence-electron chi connectivity index (χ1n) is 5.94. The van der Waals surface area contributed by atoms with E-state index in [1.54, 1.807) is 6.07 Å². The lowest BCUT2D eigenvalue weighted by molar-refractivity contribution is 0.305. The standard InChI is InChI=1S/C16H14FNO/c17-15-7-1-5-14(10-15)12-19-16-8-2-4-13(11-16)6-3-9-18/h1-2,4-5,7-8,10-11H,9,12,18H2. The van der Waals surface area contributed by atoms with Crippen molar-refractivity contribution in [2.45, 2.75) is 6.61 Å². The molecule has 96 valence electrons. The maximum Gasteiger partial charge on any atom is 0.123 e. The van der Waals surface area contributed by atoms with Crippen LogP contribution in [0.2, 0.25) is 0 Å². The van der Waals surface area contributed by atoms with Gasteiger partial charge in [0.15, 0.2) is 0 Å². The largest absolute Gasteiger partial charge is 0.489 e. The van der Waals surface area contributed by atoms with Crippen molar-refractivity contribution in [2.24, 2.45) is 5.73 Å². The van der Waals surface area contributed by atoms with Crippen LogP contribution in [0.5, 0.6) is 5.75 Å². The molecule has 0 atom stereocenters. The van der Waals surface area contributed by atoms with E-state index in [2.05, 4.69) is 11.8 Å². The molecule has 0 fully saturated rings. The summed E-state index contributed by atoms with van der Waals surface area (Å²) in [5, 5.41) is 0. The van der Waals surface area contributed by atoms with E-state index in [0.29, 0.717) is 18.9 Å². The lowest BCUT2D eigenvalue weighted by atomic mass is 10.2. The highest BCUT2D eigenvalue weighted by molar-refractivity contribution is 5.40. The van der Waals surface area contributed by atoms with E-state index in [-0.39, 0.29) is 5.82 Å². The van der Waals surface area contributed by atoms with Crippen molar-refractivity contribution >= 4 is 0 Å². The van der Waals surface area contributed by atoms with Crippen LogP contribution in [0.1, 0.15) is 11.1 Å². The molecule has 2 aromatic rings. The first-order chi connectivity index (χ1) is 9.28. The van der Waals surface area contributed by atoms with Crippen molar-refractivity contribution in [3.05, 3.63) is 65.5 Å². The fourth-order valence-corrected chi connectivity index (χ4v) is 1.61. The number of halogens is 1. The normalized spacial score (nSPS) is 9.58. The Morgan fingerprint density at radius 2 is 1.95 bits per heavy atom. The molecule has 2 rings (SSSR count). The van der Waals surface area contributed by atoms with E-state index >= 15 is 0 Å². The zero-order valence-electron chi connectivity index (χ0n) is 10.4. The van der Waals surface area contributed by atoms with E-state index < -0.39 is 0 Å². The van der Waals surface area contributed by atoms with Gasteiger partial charge in [-0.3, -0.25) is 0 Å². The van der Waals surface area contributed by atoms with E-state index in [1.807, 2.05) is 30.3 Å². The smallest absolute Gasteiger partial charge is 0.123 e. The van der Waals surface area contributed by atoms with Crippen LogP contribution in [0.15, 0.2) is 48.5 Å². The van der Waals surface area contributed by atoms with Gasteiger partial charge in [0, 0.05) is 5.56 Å². The molecule has 0 radical (unpaired) electrons. The minimum atomic E-state index is -0.260. The Hall–Kier alpha value is -2.31. The summed E-state index contributed by atoms with van der Waals surface area (Å²) in [5.41, 5.74) is 6.96.